The smallest absolute Gasteiger partial charge is 0.0713 e. The number of hydrogen-bond acceptors (Lipinski definition) is 0. The van der Waals surface area contributed by atoms with Gasteiger partial charge in [-0.2, -0.15) is 0 Å². The molecule has 30 heavy (non-hydrogen) atoms. The van der Waals surface area contributed by atoms with Crippen molar-refractivity contribution in [2.45, 2.75) is 33.1 Å². The van der Waals surface area contributed by atoms with Gasteiger partial charge in [0.15, 0.2) is 0 Å². The van der Waals surface area contributed by atoms with E-state index in [0.29, 0.717) is 5.92 Å². The molecule has 0 nitrogen and oxygen atoms in total. The highest BCUT2D eigenvalue weighted by molar-refractivity contribution is 5.87. The van der Waals surface area contributed by atoms with Crippen molar-refractivity contribution < 1.29 is 0 Å². The molecule has 1 unspecified atom stereocenters. The summed E-state index contributed by atoms with van der Waals surface area (Å²) in [6.07, 6.45) is 19.7. The number of allylic oxidation sites excluding steroid dienone is 11. The van der Waals surface area contributed by atoms with Crippen LogP contribution in [0.5, 0.6) is 0 Å². The van der Waals surface area contributed by atoms with Gasteiger partial charge in [0.2, 0.25) is 0 Å². The van der Waals surface area contributed by atoms with Crippen molar-refractivity contribution >= 4 is 0 Å². The largest absolute Gasteiger partial charge is 0.0991 e. The third kappa shape index (κ3) is 3.48. The van der Waals surface area contributed by atoms with Crippen molar-refractivity contribution in [1.29, 1.82) is 0 Å². The van der Waals surface area contributed by atoms with Gasteiger partial charge < -0.3 is 0 Å². The fourth-order valence-corrected chi connectivity index (χ4v) is 4.60. The highest BCUT2D eigenvalue weighted by atomic mass is 14.5. The Morgan fingerprint density at radius 3 is 2.10 bits per heavy atom. The number of benzene rings is 2. The van der Waals surface area contributed by atoms with Crippen LogP contribution in [0.2, 0.25) is 0 Å². The summed E-state index contributed by atoms with van der Waals surface area (Å²) in [4.78, 5) is 0. The van der Waals surface area contributed by atoms with E-state index >= 15 is 0 Å². The zero-order valence-corrected chi connectivity index (χ0v) is 18.6. The molecule has 2 aromatic rings. The summed E-state index contributed by atoms with van der Waals surface area (Å²) in [6, 6.07) is 17.6. The molecule has 0 saturated carbocycles. The number of rotatable bonds is 4. The van der Waals surface area contributed by atoms with Gasteiger partial charge in [-0.3, -0.25) is 0 Å². The van der Waals surface area contributed by atoms with E-state index in [1.54, 1.807) is 0 Å². The van der Waals surface area contributed by atoms with Gasteiger partial charge in [-0.25, -0.2) is 0 Å². The van der Waals surface area contributed by atoms with Gasteiger partial charge in [-0.15, -0.1) is 0 Å². The molecule has 0 amide bonds. The third-order valence-electron chi connectivity index (χ3n) is 5.73. The lowest BCUT2D eigenvalue weighted by Gasteiger charge is -2.35. The maximum atomic E-state index is 4.01. The zero-order chi connectivity index (χ0) is 21.6. The van der Waals surface area contributed by atoms with Gasteiger partial charge in [-0.05, 0) is 46.2 Å². The highest BCUT2D eigenvalue weighted by Gasteiger charge is 2.46. The van der Waals surface area contributed by atoms with Crippen LogP contribution in [0, 0.1) is 5.92 Å². The summed E-state index contributed by atoms with van der Waals surface area (Å²) < 4.78 is 0. The van der Waals surface area contributed by atoms with Crippen LogP contribution in [0.3, 0.4) is 0 Å². The fraction of sp³-hybridized carbons (Fsp3) is 0.200. The first kappa shape index (κ1) is 21.6. The molecule has 0 N–H and O–H groups in total. The van der Waals surface area contributed by atoms with E-state index in [0.717, 1.165) is 0 Å². The van der Waals surface area contributed by atoms with Crippen molar-refractivity contribution in [3.8, 4) is 11.1 Å². The summed E-state index contributed by atoms with van der Waals surface area (Å²) >= 11 is 0. The standard InChI is InChI=1S/C28H26.C2H6/c1-4-11-22(12-5-2)28(23-14-10-13-21(3)19-20-23)26-17-8-6-15-24(26)25-16-7-9-18-27(25)28;1-2/h4-21H,1H2,2-3H3;1-2H3/b12-5-,22-11+;. The van der Waals surface area contributed by atoms with Crippen LogP contribution in [-0.2, 0) is 5.41 Å². The Morgan fingerprint density at radius 1 is 0.933 bits per heavy atom. The Hall–Kier alpha value is -3.12. The second-order valence-corrected chi connectivity index (χ2v) is 7.42. The van der Waals surface area contributed by atoms with Crippen LogP contribution in [0.15, 0.2) is 121 Å². The molecule has 0 heteroatoms. The Morgan fingerprint density at radius 2 is 1.53 bits per heavy atom. The predicted octanol–water partition coefficient (Wildman–Crippen LogP) is 8.36. The topological polar surface area (TPSA) is 0 Å². The minimum atomic E-state index is -0.348. The predicted molar refractivity (Wildman–Crippen MR) is 133 cm³/mol. The van der Waals surface area contributed by atoms with E-state index in [4.69, 9.17) is 0 Å². The monoisotopic (exact) mass is 392 g/mol. The van der Waals surface area contributed by atoms with Crippen LogP contribution in [0.1, 0.15) is 38.8 Å². The van der Waals surface area contributed by atoms with Gasteiger partial charge in [-0.1, -0.05) is 131 Å². The van der Waals surface area contributed by atoms with E-state index in [2.05, 4.69) is 118 Å². The summed E-state index contributed by atoms with van der Waals surface area (Å²) in [5, 5.41) is 0. The maximum Gasteiger partial charge on any atom is 0.0713 e. The van der Waals surface area contributed by atoms with Gasteiger partial charge in [0, 0.05) is 0 Å². The first-order valence-corrected chi connectivity index (χ1v) is 11.0. The molecular formula is C30H32. The molecule has 2 aliphatic rings. The quantitative estimate of drug-likeness (QED) is 0.459. The maximum absolute atomic E-state index is 4.01. The first-order valence-electron chi connectivity index (χ1n) is 11.0. The van der Waals surface area contributed by atoms with Crippen LogP contribution in [-0.4, -0.2) is 0 Å². The van der Waals surface area contributed by atoms with Crippen molar-refractivity contribution in [1.82, 2.24) is 0 Å². The molecule has 1 atom stereocenters. The molecule has 0 saturated heterocycles. The van der Waals surface area contributed by atoms with Crippen LogP contribution < -0.4 is 0 Å². The van der Waals surface area contributed by atoms with Gasteiger partial charge in [0.1, 0.15) is 0 Å². The lowest BCUT2D eigenvalue weighted by atomic mass is 9.66. The Kier molecular flexibility index (Phi) is 6.90. The molecule has 2 aromatic carbocycles. The minimum absolute atomic E-state index is 0.348. The summed E-state index contributed by atoms with van der Waals surface area (Å²) in [6.45, 7) is 12.3. The van der Waals surface area contributed by atoms with Crippen molar-refractivity contribution in [3.63, 3.8) is 0 Å². The summed E-state index contributed by atoms with van der Waals surface area (Å²) in [5.74, 6) is 0.422. The number of hydrogen-bond donors (Lipinski definition) is 0. The molecule has 0 radical (unpaired) electrons. The Balaban J connectivity index is 0.00000124. The number of fused-ring (bicyclic) bond motifs is 3. The molecular weight excluding hydrogens is 360 g/mol. The lowest BCUT2D eigenvalue weighted by molar-refractivity contribution is 0.764. The van der Waals surface area contributed by atoms with Gasteiger partial charge in [0.25, 0.3) is 0 Å². The molecule has 4 rings (SSSR count). The van der Waals surface area contributed by atoms with Crippen LogP contribution >= 0.6 is 0 Å². The van der Waals surface area contributed by atoms with E-state index in [1.807, 2.05) is 19.9 Å². The highest BCUT2D eigenvalue weighted by Crippen LogP contribution is 2.57. The average Bonchev–Trinajstić information content (AvgIpc) is 2.90. The van der Waals surface area contributed by atoms with E-state index in [-0.39, 0.29) is 5.41 Å². The second kappa shape index (κ2) is 9.59. The molecule has 0 bridgehead atoms. The zero-order valence-electron chi connectivity index (χ0n) is 18.6. The van der Waals surface area contributed by atoms with E-state index < -0.39 is 0 Å². The molecule has 152 valence electrons. The Labute approximate surface area is 182 Å². The average molecular weight is 393 g/mol. The lowest BCUT2D eigenvalue weighted by Crippen LogP contribution is -2.29. The van der Waals surface area contributed by atoms with Crippen LogP contribution in [0.4, 0.5) is 0 Å². The van der Waals surface area contributed by atoms with Crippen molar-refractivity contribution in [2.75, 3.05) is 0 Å². The van der Waals surface area contributed by atoms with Gasteiger partial charge in [0.05, 0.1) is 5.41 Å². The molecule has 0 aliphatic heterocycles. The SMILES string of the molecule is C=C/C=C(\C=C/C)C1(C2=CC=CC(C)C=C2)c2ccccc2-c2ccccc21.CC. The molecule has 2 aliphatic carbocycles. The molecule has 0 spiro atoms. The Bertz CT molecular complexity index is 1010. The third-order valence-corrected chi connectivity index (χ3v) is 5.73. The second-order valence-electron chi connectivity index (χ2n) is 7.42. The summed E-state index contributed by atoms with van der Waals surface area (Å²) in [5.41, 5.74) is 7.47. The normalized spacial score (nSPS) is 18.7. The van der Waals surface area contributed by atoms with Gasteiger partial charge >= 0.3 is 0 Å². The van der Waals surface area contributed by atoms with Crippen molar-refractivity contribution in [2.24, 2.45) is 5.92 Å². The molecule has 0 heterocycles. The summed E-state index contributed by atoms with van der Waals surface area (Å²) in [7, 11) is 0. The van der Waals surface area contributed by atoms with E-state index in [1.165, 1.54) is 33.4 Å². The van der Waals surface area contributed by atoms with Crippen LogP contribution in [0.25, 0.3) is 11.1 Å². The molecule has 0 fully saturated rings. The van der Waals surface area contributed by atoms with E-state index in [9.17, 15) is 0 Å². The minimum Gasteiger partial charge on any atom is -0.0991 e. The molecule has 0 aromatic heterocycles. The fourth-order valence-electron chi connectivity index (χ4n) is 4.60. The first-order chi connectivity index (χ1) is 14.7. The van der Waals surface area contributed by atoms with Crippen molar-refractivity contribution in [3.05, 3.63) is 132 Å².